The molecule has 1 saturated carbocycles. The molecule has 0 aliphatic heterocycles. The van der Waals surface area contributed by atoms with Crippen molar-refractivity contribution >= 4 is 23.1 Å². The molecule has 1 amide bonds. The van der Waals surface area contributed by atoms with Gasteiger partial charge in [-0.1, -0.05) is 0 Å². The molecule has 0 unspecified atom stereocenters. The molecular formula is C24H23N7O2. The smallest absolute Gasteiger partial charge is 0.257 e. The second-order valence-electron chi connectivity index (χ2n) is 7.80. The number of rotatable bonds is 7. The van der Waals surface area contributed by atoms with Crippen LogP contribution in [0.5, 0.6) is 5.88 Å². The zero-order chi connectivity index (χ0) is 22.5. The first-order valence-electron chi connectivity index (χ1n) is 10.8. The Balaban J connectivity index is 1.18. The number of ether oxygens (including phenoxy) is 1. The van der Waals surface area contributed by atoms with Gasteiger partial charge in [0, 0.05) is 42.1 Å². The molecule has 9 nitrogen and oxygen atoms in total. The number of benzene rings is 1. The number of aromatic nitrogens is 5. The van der Waals surface area contributed by atoms with Gasteiger partial charge in [0.15, 0.2) is 0 Å². The summed E-state index contributed by atoms with van der Waals surface area (Å²) in [5.74, 6) is 1.70. The molecule has 1 aliphatic carbocycles. The molecule has 0 saturated heterocycles. The highest BCUT2D eigenvalue weighted by atomic mass is 16.5. The van der Waals surface area contributed by atoms with Crippen LogP contribution in [0.15, 0.2) is 73.7 Å². The molecule has 0 atom stereocenters. The third-order valence-corrected chi connectivity index (χ3v) is 5.42. The number of pyridine rings is 1. The van der Waals surface area contributed by atoms with Gasteiger partial charge in [-0.25, -0.2) is 19.9 Å². The van der Waals surface area contributed by atoms with Crippen LogP contribution in [-0.2, 0) is 0 Å². The van der Waals surface area contributed by atoms with Crippen LogP contribution in [0, 0.1) is 0 Å². The summed E-state index contributed by atoms with van der Waals surface area (Å²) in [6.07, 6.45) is 13.0. The molecule has 1 aliphatic rings. The van der Waals surface area contributed by atoms with Gasteiger partial charge in [0.1, 0.15) is 30.4 Å². The van der Waals surface area contributed by atoms with Crippen LogP contribution in [0.3, 0.4) is 0 Å². The number of nitrogens with one attached hydrogen (secondary N) is 2. The minimum atomic E-state index is -0.226. The molecule has 166 valence electrons. The molecule has 0 bridgehead atoms. The predicted molar refractivity (Wildman–Crippen MR) is 124 cm³/mol. The average Bonchev–Trinajstić information content (AvgIpc) is 3.56. The van der Waals surface area contributed by atoms with E-state index >= 15 is 0 Å². The fraction of sp³-hybridized carbons (Fsp3) is 0.208. The van der Waals surface area contributed by atoms with E-state index in [2.05, 4.69) is 30.6 Å². The van der Waals surface area contributed by atoms with Crippen LogP contribution >= 0.6 is 0 Å². The molecule has 9 heteroatoms. The molecule has 4 aromatic rings. The minimum Gasteiger partial charge on any atom is -0.474 e. The van der Waals surface area contributed by atoms with E-state index < -0.39 is 0 Å². The zero-order valence-corrected chi connectivity index (χ0v) is 17.9. The van der Waals surface area contributed by atoms with Crippen LogP contribution in [-0.4, -0.2) is 36.5 Å². The van der Waals surface area contributed by atoms with Crippen LogP contribution in [0.4, 0.5) is 17.2 Å². The number of carbonyl (C=O) groups is 1. The van der Waals surface area contributed by atoms with Gasteiger partial charge in [0.2, 0.25) is 5.88 Å². The lowest BCUT2D eigenvalue weighted by atomic mass is 10.2. The molecule has 3 aromatic heterocycles. The first-order valence-corrected chi connectivity index (χ1v) is 10.8. The summed E-state index contributed by atoms with van der Waals surface area (Å²) in [5.41, 5.74) is 1.99. The Kier molecular flexibility index (Phi) is 5.92. The van der Waals surface area contributed by atoms with E-state index in [0.717, 1.165) is 18.5 Å². The van der Waals surface area contributed by atoms with Gasteiger partial charge in [0.25, 0.3) is 5.91 Å². The van der Waals surface area contributed by atoms with Crippen LogP contribution in [0.1, 0.15) is 36.0 Å². The van der Waals surface area contributed by atoms with Crippen LogP contribution in [0.25, 0.3) is 5.82 Å². The average molecular weight is 441 g/mol. The van der Waals surface area contributed by atoms with Crippen LogP contribution in [0.2, 0.25) is 0 Å². The molecule has 5 rings (SSSR count). The lowest BCUT2D eigenvalue weighted by molar-refractivity contribution is 0.102. The summed E-state index contributed by atoms with van der Waals surface area (Å²) < 4.78 is 7.65. The maximum Gasteiger partial charge on any atom is 0.257 e. The van der Waals surface area contributed by atoms with E-state index in [0.29, 0.717) is 28.8 Å². The number of anilines is 3. The van der Waals surface area contributed by atoms with Crippen molar-refractivity contribution in [2.75, 3.05) is 10.6 Å². The van der Waals surface area contributed by atoms with E-state index in [-0.39, 0.29) is 12.0 Å². The maximum absolute atomic E-state index is 12.6. The summed E-state index contributed by atoms with van der Waals surface area (Å²) in [6.45, 7) is 0. The highest BCUT2D eigenvalue weighted by Crippen LogP contribution is 2.23. The molecule has 3 heterocycles. The van der Waals surface area contributed by atoms with E-state index in [1.807, 2.05) is 36.5 Å². The molecule has 33 heavy (non-hydrogen) atoms. The summed E-state index contributed by atoms with van der Waals surface area (Å²) in [5, 5.41) is 6.12. The number of carbonyl (C=O) groups excluding carboxylic acids is 1. The van der Waals surface area contributed by atoms with Gasteiger partial charge in [0.05, 0.1) is 5.56 Å². The molecule has 2 N–H and O–H groups in total. The summed E-state index contributed by atoms with van der Waals surface area (Å²) in [6, 6.07) is 12.7. The Bertz CT molecular complexity index is 1200. The van der Waals surface area contributed by atoms with Crippen molar-refractivity contribution in [2.24, 2.45) is 0 Å². The molecular weight excluding hydrogens is 418 g/mol. The third-order valence-electron chi connectivity index (χ3n) is 5.42. The quantitative estimate of drug-likeness (QED) is 0.438. The Hall–Kier alpha value is -4.27. The number of nitrogens with zero attached hydrogens (tertiary/aromatic N) is 5. The monoisotopic (exact) mass is 441 g/mol. The van der Waals surface area contributed by atoms with Crippen molar-refractivity contribution in [1.82, 2.24) is 24.5 Å². The van der Waals surface area contributed by atoms with Gasteiger partial charge in [-0.3, -0.25) is 9.36 Å². The molecule has 1 fully saturated rings. The predicted octanol–water partition coefficient (Wildman–Crippen LogP) is 4.37. The van der Waals surface area contributed by atoms with E-state index in [1.165, 1.54) is 19.2 Å². The van der Waals surface area contributed by atoms with Gasteiger partial charge in [-0.05, 0) is 56.0 Å². The zero-order valence-electron chi connectivity index (χ0n) is 17.9. The maximum atomic E-state index is 12.6. The SMILES string of the molecule is O=C(Nc1ccc(Nc2cc(-n3ccnc3)ncn2)cc1)c1ccc(OC2CCCC2)nc1. The normalized spacial score (nSPS) is 13.6. The first kappa shape index (κ1) is 20.6. The fourth-order valence-corrected chi connectivity index (χ4v) is 3.70. The lowest BCUT2D eigenvalue weighted by Gasteiger charge is -2.12. The number of hydrogen-bond donors (Lipinski definition) is 2. The minimum absolute atomic E-state index is 0.226. The van der Waals surface area contributed by atoms with Crippen molar-refractivity contribution in [3.05, 3.63) is 79.3 Å². The van der Waals surface area contributed by atoms with Crippen molar-refractivity contribution < 1.29 is 9.53 Å². The van der Waals surface area contributed by atoms with Crippen molar-refractivity contribution in [1.29, 1.82) is 0 Å². The summed E-state index contributed by atoms with van der Waals surface area (Å²) in [7, 11) is 0. The van der Waals surface area contributed by atoms with E-state index in [1.54, 1.807) is 35.4 Å². The third kappa shape index (κ3) is 5.15. The Labute approximate surface area is 190 Å². The standard InChI is InChI=1S/C24H23N7O2/c32-24(17-5-10-23(26-14-17)33-20-3-1-2-4-20)30-19-8-6-18(7-9-19)29-21-13-22(28-15-27-21)31-12-11-25-16-31/h5-16,20H,1-4H2,(H,30,32)(H,27,28,29). The van der Waals surface area contributed by atoms with Gasteiger partial charge in [-0.15, -0.1) is 0 Å². The summed E-state index contributed by atoms with van der Waals surface area (Å²) >= 11 is 0. The number of amides is 1. The van der Waals surface area contributed by atoms with E-state index in [9.17, 15) is 4.79 Å². The van der Waals surface area contributed by atoms with Crippen molar-refractivity contribution in [3.8, 4) is 11.7 Å². The fourth-order valence-electron chi connectivity index (χ4n) is 3.70. The van der Waals surface area contributed by atoms with Gasteiger partial charge >= 0.3 is 0 Å². The van der Waals surface area contributed by atoms with Crippen LogP contribution < -0.4 is 15.4 Å². The second kappa shape index (κ2) is 9.47. The van der Waals surface area contributed by atoms with Crippen molar-refractivity contribution in [3.63, 3.8) is 0 Å². The first-order chi connectivity index (χ1) is 16.2. The Morgan fingerprint density at radius 3 is 2.55 bits per heavy atom. The number of hydrogen-bond acceptors (Lipinski definition) is 7. The summed E-state index contributed by atoms with van der Waals surface area (Å²) in [4.78, 5) is 29.4. The van der Waals surface area contributed by atoms with Gasteiger partial charge < -0.3 is 15.4 Å². The Morgan fingerprint density at radius 1 is 1.00 bits per heavy atom. The largest absolute Gasteiger partial charge is 0.474 e. The molecule has 0 spiro atoms. The molecule has 0 radical (unpaired) electrons. The lowest BCUT2D eigenvalue weighted by Crippen LogP contribution is -2.14. The topological polar surface area (TPSA) is 107 Å². The van der Waals surface area contributed by atoms with E-state index in [4.69, 9.17) is 4.74 Å². The van der Waals surface area contributed by atoms with Gasteiger partial charge in [-0.2, -0.15) is 0 Å². The Morgan fingerprint density at radius 2 is 1.82 bits per heavy atom. The highest BCUT2D eigenvalue weighted by molar-refractivity contribution is 6.04. The number of imidazole rings is 1. The second-order valence-corrected chi connectivity index (χ2v) is 7.80. The highest BCUT2D eigenvalue weighted by Gasteiger charge is 2.17. The van der Waals surface area contributed by atoms with Crippen molar-refractivity contribution in [2.45, 2.75) is 31.8 Å². The molecule has 1 aromatic carbocycles.